The van der Waals surface area contributed by atoms with E-state index in [1.165, 1.54) is 11.7 Å². The van der Waals surface area contributed by atoms with Gasteiger partial charge in [-0.15, -0.1) is 0 Å². The van der Waals surface area contributed by atoms with E-state index in [1.54, 1.807) is 4.90 Å². The Balaban J connectivity index is 1.49. The molecule has 2 N–H and O–H groups in total. The van der Waals surface area contributed by atoms with Gasteiger partial charge in [0.15, 0.2) is 0 Å². The molecular formula is C17H25N3O2. The van der Waals surface area contributed by atoms with E-state index < -0.39 is 5.60 Å². The van der Waals surface area contributed by atoms with Gasteiger partial charge < -0.3 is 15.3 Å². The van der Waals surface area contributed by atoms with Crippen LogP contribution in [0, 0.1) is 23.2 Å². The van der Waals surface area contributed by atoms with Gasteiger partial charge in [-0.3, -0.25) is 4.79 Å². The molecule has 2 unspecified atom stereocenters. The van der Waals surface area contributed by atoms with Crippen LogP contribution in [0.4, 0.5) is 0 Å². The maximum absolute atomic E-state index is 12.6. The minimum absolute atomic E-state index is 0.0473. The van der Waals surface area contributed by atoms with E-state index in [-0.39, 0.29) is 24.0 Å². The lowest BCUT2D eigenvalue weighted by molar-refractivity contribution is -0.147. The van der Waals surface area contributed by atoms with E-state index in [0.717, 1.165) is 38.5 Å². The van der Waals surface area contributed by atoms with Crippen molar-refractivity contribution in [1.82, 2.24) is 10.2 Å². The van der Waals surface area contributed by atoms with Gasteiger partial charge >= 0.3 is 0 Å². The van der Waals surface area contributed by atoms with Crippen molar-refractivity contribution >= 4 is 5.91 Å². The maximum atomic E-state index is 12.6. The minimum Gasteiger partial charge on any atom is -0.390 e. The number of nitriles is 1. The second-order valence-electron chi connectivity index (χ2n) is 8.06. The molecule has 1 aliphatic heterocycles. The molecule has 22 heavy (non-hydrogen) atoms. The summed E-state index contributed by atoms with van der Waals surface area (Å²) in [5.41, 5.74) is -0.738. The van der Waals surface area contributed by atoms with Crippen molar-refractivity contribution in [3.63, 3.8) is 0 Å². The molecule has 0 aromatic heterocycles. The molecular weight excluding hydrogens is 278 g/mol. The van der Waals surface area contributed by atoms with Crippen molar-refractivity contribution in [3.05, 3.63) is 0 Å². The van der Waals surface area contributed by atoms with Crippen LogP contribution in [0.3, 0.4) is 0 Å². The van der Waals surface area contributed by atoms with E-state index in [2.05, 4.69) is 6.07 Å². The molecule has 5 rings (SSSR count). The smallest absolute Gasteiger partial charge is 0.237 e. The van der Waals surface area contributed by atoms with Crippen LogP contribution in [0.1, 0.15) is 51.4 Å². The summed E-state index contributed by atoms with van der Waals surface area (Å²) < 4.78 is 16.2. The Hall–Kier alpha value is -1.12. The molecule has 1 saturated heterocycles. The Labute approximate surface area is 134 Å². The highest BCUT2D eigenvalue weighted by atomic mass is 16.3. The van der Waals surface area contributed by atoms with Gasteiger partial charge in [0.2, 0.25) is 7.34 Å². The second-order valence-corrected chi connectivity index (χ2v) is 8.06. The summed E-state index contributed by atoms with van der Waals surface area (Å²) in [6.07, 6.45) is 7.21. The van der Waals surface area contributed by atoms with Crippen LogP contribution in [-0.2, 0) is 4.79 Å². The standard InChI is InChI=1S/C17H25N3O2/c18-9-14-2-1-3-20(14)15(21)10-19-16-5-12-4-13(6-16)8-17(22,7-12)11-16/h12-14,19,22H,1-8,10-11H2/t12-,13+,14-,16?,17?/m0/s1/i22D/hD. The molecule has 5 heteroatoms. The number of hydrogen-bond acceptors (Lipinski definition) is 4. The molecule has 0 radical (unpaired) electrons. The van der Waals surface area contributed by atoms with Crippen LogP contribution in [0.25, 0.3) is 0 Å². The van der Waals surface area contributed by atoms with Crippen molar-refractivity contribution in [2.75, 3.05) is 13.1 Å². The first kappa shape index (κ1) is 12.3. The molecule has 120 valence electrons. The summed E-state index contributed by atoms with van der Waals surface area (Å²) in [5.74, 6) is 0.919. The molecule has 4 bridgehead atoms. The highest BCUT2D eigenvalue weighted by molar-refractivity contribution is 5.79. The molecule has 1 amide bonds. The molecule has 5 fully saturated rings. The fraction of sp³-hybridized carbons (Fsp3) is 0.882. The summed E-state index contributed by atoms with van der Waals surface area (Å²) in [4.78, 5) is 14.3. The van der Waals surface area contributed by atoms with Crippen molar-refractivity contribution in [2.45, 2.75) is 68.5 Å². The molecule has 0 aromatic carbocycles. The zero-order chi connectivity index (χ0) is 16.9. The van der Waals surface area contributed by atoms with Crippen LogP contribution < -0.4 is 5.31 Å². The predicted octanol–water partition coefficient (Wildman–Crippen LogP) is 1.17. The number of carbonyl (C=O) groups is 1. The number of amides is 1. The number of likely N-dealkylation sites (tertiary alicyclic amines) is 1. The van der Waals surface area contributed by atoms with Crippen molar-refractivity contribution in [3.8, 4) is 6.07 Å². The van der Waals surface area contributed by atoms with Crippen LogP contribution in [0.2, 0.25) is 1.41 Å². The zero-order valence-corrected chi connectivity index (χ0v) is 13.0. The highest BCUT2D eigenvalue weighted by Crippen LogP contribution is 2.57. The lowest BCUT2D eigenvalue weighted by Crippen LogP contribution is -2.65. The lowest BCUT2D eigenvalue weighted by atomic mass is 9.51. The predicted molar refractivity (Wildman–Crippen MR) is 80.7 cm³/mol. The SMILES string of the molecule is [2H]OC12C[C@H]3C[C@@H](C1)CC(N([2H])CC(=O)N1CCC[C@H]1C#N)(C3)C2. The van der Waals surface area contributed by atoms with E-state index in [4.69, 9.17) is 7.95 Å². The van der Waals surface area contributed by atoms with Gasteiger partial charge in [-0.1, -0.05) is 0 Å². The van der Waals surface area contributed by atoms with Crippen molar-refractivity contribution in [2.24, 2.45) is 11.8 Å². The van der Waals surface area contributed by atoms with Gasteiger partial charge in [-0.25, -0.2) is 0 Å². The number of carbonyl (C=O) groups excluding carboxylic acids is 1. The third-order valence-corrected chi connectivity index (χ3v) is 6.25. The van der Waals surface area contributed by atoms with E-state index in [1.807, 2.05) is 0 Å². The van der Waals surface area contributed by atoms with Gasteiger partial charge in [0.1, 0.15) is 7.45 Å². The minimum atomic E-state index is -0.407. The molecule has 4 saturated carbocycles. The molecule has 4 aliphatic carbocycles. The summed E-state index contributed by atoms with van der Waals surface area (Å²) in [5, 5.41) is 15.8. The van der Waals surface area contributed by atoms with E-state index in [9.17, 15) is 10.1 Å². The van der Waals surface area contributed by atoms with Gasteiger partial charge in [-0.2, -0.15) is 5.26 Å². The number of nitrogens with zero attached hydrogens (tertiary/aromatic N) is 2. The maximum Gasteiger partial charge on any atom is 0.237 e. The molecule has 5 nitrogen and oxygen atoms in total. The number of nitrogens with one attached hydrogen (secondary N) is 1. The molecule has 0 aromatic rings. The monoisotopic (exact) mass is 305 g/mol. The number of hydrogen-bond donors (Lipinski definition) is 2. The Bertz CT molecular complexity index is 565. The van der Waals surface area contributed by atoms with Crippen molar-refractivity contribution in [1.29, 1.82) is 6.69 Å². The Morgan fingerprint density at radius 2 is 2.23 bits per heavy atom. The summed E-state index contributed by atoms with van der Waals surface area (Å²) in [6.45, 7) is 0.675. The largest absolute Gasteiger partial charge is 0.390 e. The third kappa shape index (κ3) is 2.33. The molecule has 0 spiro atoms. The Morgan fingerprint density at radius 3 is 2.91 bits per heavy atom. The summed E-state index contributed by atoms with van der Waals surface area (Å²) >= 11 is 0. The normalized spacial score (nSPS) is 47.5. The average Bonchev–Trinajstić information content (AvgIpc) is 3.02. The quantitative estimate of drug-likeness (QED) is 0.817. The first-order valence-corrected chi connectivity index (χ1v) is 8.59. The number of rotatable bonds is 4. The molecule has 5 aliphatic rings. The Kier molecular flexibility index (Phi) is 2.77. The highest BCUT2D eigenvalue weighted by Gasteiger charge is 2.57. The summed E-state index contributed by atoms with van der Waals surface area (Å²) in [7, 11) is 0. The fourth-order valence-corrected chi connectivity index (χ4v) is 5.84. The third-order valence-electron chi connectivity index (χ3n) is 6.25. The molecule has 5 atom stereocenters. The van der Waals surface area contributed by atoms with Crippen molar-refractivity contribution < 1.29 is 11.3 Å². The average molecular weight is 305 g/mol. The molecule has 1 heterocycles. The lowest BCUT2D eigenvalue weighted by Gasteiger charge is -2.60. The van der Waals surface area contributed by atoms with E-state index in [0.29, 0.717) is 24.8 Å². The Morgan fingerprint density at radius 1 is 1.45 bits per heavy atom. The number of aliphatic hydroxyl groups is 1. The summed E-state index contributed by atoms with van der Waals surface area (Å²) in [6, 6.07) is 1.87. The van der Waals surface area contributed by atoms with Crippen LogP contribution in [-0.4, -0.2) is 47.6 Å². The first-order valence-electron chi connectivity index (χ1n) is 9.45. The van der Waals surface area contributed by atoms with Gasteiger partial charge in [-0.05, 0) is 63.2 Å². The van der Waals surface area contributed by atoms with Gasteiger partial charge in [0.05, 0.1) is 18.2 Å². The van der Waals surface area contributed by atoms with E-state index >= 15 is 0 Å². The van der Waals surface area contributed by atoms with Gasteiger partial charge in [0, 0.05) is 12.1 Å². The van der Waals surface area contributed by atoms with Crippen LogP contribution >= 0.6 is 0 Å². The topological polar surface area (TPSA) is 76.4 Å². The zero-order valence-electron chi connectivity index (χ0n) is 15.0. The van der Waals surface area contributed by atoms with Gasteiger partial charge in [0.25, 0.3) is 0 Å². The fourth-order valence-electron chi connectivity index (χ4n) is 5.84. The first-order chi connectivity index (χ1) is 11.5. The second kappa shape index (κ2) is 4.94. The van der Waals surface area contributed by atoms with Crippen LogP contribution in [0.5, 0.6) is 0 Å². The van der Waals surface area contributed by atoms with Crippen LogP contribution in [0.15, 0.2) is 0 Å².